The molecule has 0 fully saturated rings. The van der Waals surface area contributed by atoms with E-state index in [0.717, 1.165) is 17.7 Å². The van der Waals surface area contributed by atoms with Crippen molar-refractivity contribution in [2.75, 3.05) is 5.32 Å². The normalized spacial score (nSPS) is 13.2. The molecule has 0 radical (unpaired) electrons. The minimum Gasteiger partial charge on any atom is -0.340 e. The highest BCUT2D eigenvalue weighted by Gasteiger charge is 2.40. The van der Waals surface area contributed by atoms with Gasteiger partial charge in [0.25, 0.3) is 0 Å². The number of hydrogen-bond acceptors (Lipinski definition) is 4. The number of hydrogen-bond donors (Lipinski definition) is 2. The summed E-state index contributed by atoms with van der Waals surface area (Å²) in [5.41, 5.74) is -0.146. The van der Waals surface area contributed by atoms with Gasteiger partial charge in [-0.25, -0.2) is 9.37 Å². The van der Waals surface area contributed by atoms with Crippen LogP contribution in [0.25, 0.3) is 11.0 Å². The molecule has 3 aromatic carbocycles. The predicted octanol–water partition coefficient (Wildman–Crippen LogP) is 7.24. The van der Waals surface area contributed by atoms with Crippen LogP contribution in [0.5, 0.6) is 0 Å². The Kier molecular flexibility index (Phi) is 6.51. The lowest BCUT2D eigenvalue weighted by Crippen LogP contribution is -2.40. The maximum atomic E-state index is 14.8. The summed E-state index contributed by atoms with van der Waals surface area (Å²) in [4.78, 5) is 12.0. The van der Waals surface area contributed by atoms with Gasteiger partial charge in [0.2, 0.25) is 5.95 Å². The number of nitrogens with zero attached hydrogens (tertiary/aromatic N) is 3. The Morgan fingerprint density at radius 1 is 0.947 bits per heavy atom. The fourth-order valence-corrected chi connectivity index (χ4v) is 4.50. The summed E-state index contributed by atoms with van der Waals surface area (Å²) in [5, 5.41) is 12.8. The number of H-pyrrole nitrogens is 1. The van der Waals surface area contributed by atoms with Crippen LogP contribution in [-0.4, -0.2) is 15.0 Å². The van der Waals surface area contributed by atoms with E-state index in [4.69, 9.17) is 11.6 Å². The zero-order valence-electron chi connectivity index (χ0n) is 19.5. The molecule has 10 heteroatoms. The van der Waals surface area contributed by atoms with Gasteiger partial charge in [0, 0.05) is 12.6 Å². The van der Waals surface area contributed by atoms with Crippen LogP contribution in [0.15, 0.2) is 85.1 Å². The van der Waals surface area contributed by atoms with E-state index in [0.29, 0.717) is 33.4 Å². The molecule has 1 atom stereocenters. The van der Waals surface area contributed by atoms with E-state index >= 15 is 0 Å². The topological polar surface area (TPSA) is 77.4 Å². The molecule has 0 spiro atoms. The number of pyridine rings is 1. The molecule has 0 aliphatic rings. The Bertz CT molecular complexity index is 1640. The Labute approximate surface area is 219 Å². The zero-order valence-corrected chi connectivity index (χ0v) is 20.3. The first-order valence-corrected chi connectivity index (χ1v) is 11.8. The first kappa shape index (κ1) is 25.2. The van der Waals surface area contributed by atoms with Crippen molar-refractivity contribution < 1.29 is 17.6 Å². The summed E-state index contributed by atoms with van der Waals surface area (Å²) in [6.45, 7) is 0. The van der Waals surface area contributed by atoms with Gasteiger partial charge in [0.05, 0.1) is 38.9 Å². The highest BCUT2D eigenvalue weighted by molar-refractivity contribution is 6.30. The van der Waals surface area contributed by atoms with Gasteiger partial charge >= 0.3 is 6.18 Å². The lowest BCUT2D eigenvalue weighted by atomic mass is 9.80. The molecule has 38 heavy (non-hydrogen) atoms. The molecule has 5 rings (SSSR count). The molecule has 2 N–H and O–H groups in total. The van der Waals surface area contributed by atoms with E-state index in [1.807, 2.05) is 18.2 Å². The number of nitriles is 1. The minimum atomic E-state index is -4.78. The third kappa shape index (κ3) is 5.04. The Morgan fingerprint density at radius 2 is 1.71 bits per heavy atom. The van der Waals surface area contributed by atoms with Crippen LogP contribution in [0.3, 0.4) is 0 Å². The van der Waals surface area contributed by atoms with Gasteiger partial charge in [-0.1, -0.05) is 41.9 Å². The van der Waals surface area contributed by atoms with E-state index in [2.05, 4.69) is 26.3 Å². The number of anilines is 1. The molecule has 0 saturated carbocycles. The van der Waals surface area contributed by atoms with E-state index in [1.165, 1.54) is 6.20 Å². The molecule has 1 unspecified atom stereocenters. The van der Waals surface area contributed by atoms with E-state index < -0.39 is 23.1 Å². The third-order valence-electron chi connectivity index (χ3n) is 6.14. The van der Waals surface area contributed by atoms with Gasteiger partial charge in [-0.05, 0) is 59.7 Å². The van der Waals surface area contributed by atoms with Crippen LogP contribution in [0.1, 0.15) is 27.9 Å². The van der Waals surface area contributed by atoms with E-state index in [9.17, 15) is 22.8 Å². The van der Waals surface area contributed by atoms with Crippen LogP contribution in [0, 0.1) is 17.1 Å². The van der Waals surface area contributed by atoms with Gasteiger partial charge in [-0.15, -0.1) is 0 Å². The standard InChI is InChI=1S/C28H18ClF4N5/c29-21-7-9-25(35-16-21)27(14-17-4-2-1-3-5-17,19-11-20(28(31,32)33)13-22(30)12-19)38-26-36-23-8-6-18(15-34)10-24(23)37-26/h1-13,16H,14H2,(H2,36,37,38). The first-order valence-electron chi connectivity index (χ1n) is 11.4. The van der Waals surface area contributed by atoms with Gasteiger partial charge in [0.15, 0.2) is 0 Å². The van der Waals surface area contributed by atoms with Crippen LogP contribution in [0.2, 0.25) is 5.02 Å². The summed E-state index contributed by atoms with van der Waals surface area (Å²) in [7, 11) is 0. The Balaban J connectivity index is 1.77. The number of aromatic amines is 1. The van der Waals surface area contributed by atoms with Crippen molar-refractivity contribution in [3.05, 3.63) is 124 Å². The fraction of sp³-hybridized carbons (Fsp3) is 0.107. The smallest absolute Gasteiger partial charge is 0.340 e. The number of benzene rings is 3. The second kappa shape index (κ2) is 9.80. The van der Waals surface area contributed by atoms with Gasteiger partial charge in [0.1, 0.15) is 11.4 Å². The van der Waals surface area contributed by atoms with E-state index in [-0.39, 0.29) is 17.9 Å². The first-order chi connectivity index (χ1) is 18.2. The average Bonchev–Trinajstić information content (AvgIpc) is 3.29. The lowest BCUT2D eigenvalue weighted by molar-refractivity contribution is -0.137. The number of aromatic nitrogens is 3. The fourth-order valence-electron chi connectivity index (χ4n) is 4.39. The highest BCUT2D eigenvalue weighted by Crippen LogP contribution is 2.40. The molecule has 190 valence electrons. The highest BCUT2D eigenvalue weighted by atomic mass is 35.5. The number of imidazole rings is 1. The second-order valence-corrected chi connectivity index (χ2v) is 9.15. The van der Waals surface area contributed by atoms with Gasteiger partial charge in [-0.3, -0.25) is 4.98 Å². The van der Waals surface area contributed by atoms with Gasteiger partial charge < -0.3 is 10.3 Å². The summed E-state index contributed by atoms with van der Waals surface area (Å²) < 4.78 is 56.1. The summed E-state index contributed by atoms with van der Waals surface area (Å²) >= 11 is 6.08. The molecule has 0 aliphatic heterocycles. The second-order valence-electron chi connectivity index (χ2n) is 8.71. The van der Waals surface area contributed by atoms with Crippen molar-refractivity contribution in [2.24, 2.45) is 0 Å². The van der Waals surface area contributed by atoms with Crippen molar-refractivity contribution in [1.29, 1.82) is 5.26 Å². The lowest BCUT2D eigenvalue weighted by Gasteiger charge is -2.35. The maximum Gasteiger partial charge on any atom is 0.416 e. The van der Waals surface area contributed by atoms with Crippen LogP contribution in [-0.2, 0) is 18.1 Å². The SMILES string of the molecule is N#Cc1ccc2nc(NC(Cc3ccccc3)(c3cc(F)cc(C(F)(F)F)c3)c3ccc(Cl)cn3)[nH]c2c1. The number of rotatable bonds is 6. The van der Waals surface area contributed by atoms with Crippen molar-refractivity contribution >= 4 is 28.6 Å². The molecule has 0 amide bonds. The number of halogens is 5. The quantitative estimate of drug-likeness (QED) is 0.225. The molecule has 5 nitrogen and oxygen atoms in total. The zero-order chi connectivity index (χ0) is 26.9. The molecular formula is C28H18ClF4N5. The molecular weight excluding hydrogens is 518 g/mol. The largest absolute Gasteiger partial charge is 0.416 e. The van der Waals surface area contributed by atoms with Crippen LogP contribution >= 0.6 is 11.6 Å². The molecule has 2 heterocycles. The van der Waals surface area contributed by atoms with Crippen LogP contribution < -0.4 is 5.32 Å². The molecule has 0 aliphatic carbocycles. The molecule has 0 saturated heterocycles. The average molecular weight is 536 g/mol. The summed E-state index contributed by atoms with van der Waals surface area (Å²) in [6.07, 6.45) is -3.32. The van der Waals surface area contributed by atoms with Crippen molar-refractivity contribution in [3.63, 3.8) is 0 Å². The molecule has 0 bridgehead atoms. The van der Waals surface area contributed by atoms with E-state index in [1.54, 1.807) is 42.5 Å². The molecule has 2 aromatic heterocycles. The van der Waals surface area contributed by atoms with Gasteiger partial charge in [-0.2, -0.15) is 18.4 Å². The summed E-state index contributed by atoms with van der Waals surface area (Å²) in [6, 6.07) is 21.5. The maximum absolute atomic E-state index is 14.8. The summed E-state index contributed by atoms with van der Waals surface area (Å²) in [5.74, 6) is -0.855. The van der Waals surface area contributed by atoms with Crippen LogP contribution in [0.4, 0.5) is 23.5 Å². The van der Waals surface area contributed by atoms with Crippen molar-refractivity contribution in [2.45, 2.75) is 18.1 Å². The number of nitrogens with one attached hydrogen (secondary N) is 2. The van der Waals surface area contributed by atoms with Crippen molar-refractivity contribution in [3.8, 4) is 6.07 Å². The Hall–Kier alpha value is -4.42. The minimum absolute atomic E-state index is 0.0123. The molecule has 5 aromatic rings. The third-order valence-corrected chi connectivity index (χ3v) is 6.36. The number of alkyl halides is 3. The predicted molar refractivity (Wildman–Crippen MR) is 136 cm³/mol. The Morgan fingerprint density at radius 3 is 2.39 bits per heavy atom. The van der Waals surface area contributed by atoms with Crippen molar-refractivity contribution in [1.82, 2.24) is 15.0 Å². The monoisotopic (exact) mass is 535 g/mol. The number of fused-ring (bicyclic) bond motifs is 1.